The number of aromatic nitrogens is 3. The number of phenols is 1. The average Bonchev–Trinajstić information content (AvgIpc) is 2.85. The number of pyridine rings is 1. The van der Waals surface area contributed by atoms with Crippen LogP contribution in [0.15, 0.2) is 30.3 Å². The first-order chi connectivity index (χ1) is 9.67. The molecule has 0 fully saturated rings. The Kier molecular flexibility index (Phi) is 2.90. The maximum atomic E-state index is 9.65. The molecule has 102 valence electrons. The van der Waals surface area contributed by atoms with E-state index in [1.165, 1.54) is 0 Å². The molecule has 0 radical (unpaired) electrons. The lowest BCUT2D eigenvalue weighted by molar-refractivity contribution is 0.328. The summed E-state index contributed by atoms with van der Waals surface area (Å²) in [4.78, 5) is 11.8. The Labute approximate surface area is 115 Å². The molecule has 0 amide bonds. The van der Waals surface area contributed by atoms with E-state index in [1.54, 1.807) is 24.3 Å². The molecule has 0 aliphatic heterocycles. The smallest absolute Gasteiger partial charge is 0.215 e. The molecule has 2 heterocycles. The van der Waals surface area contributed by atoms with E-state index >= 15 is 0 Å². The van der Waals surface area contributed by atoms with Gasteiger partial charge in [0.15, 0.2) is 5.65 Å². The van der Waals surface area contributed by atoms with Gasteiger partial charge < -0.3 is 20.6 Å². The molecule has 20 heavy (non-hydrogen) atoms. The van der Waals surface area contributed by atoms with Crippen molar-refractivity contribution in [3.05, 3.63) is 30.3 Å². The first-order valence-electron chi connectivity index (χ1n) is 6.26. The molecule has 0 saturated heterocycles. The molecule has 6 nitrogen and oxygen atoms in total. The zero-order valence-electron chi connectivity index (χ0n) is 10.9. The molecule has 3 aromatic rings. The number of anilines is 1. The number of nitrogens with zero attached hydrogens (tertiary/aromatic N) is 2. The topological polar surface area (TPSA) is 97.0 Å². The molecule has 6 heteroatoms. The van der Waals surface area contributed by atoms with Crippen LogP contribution in [0.3, 0.4) is 0 Å². The van der Waals surface area contributed by atoms with Gasteiger partial charge >= 0.3 is 0 Å². The average molecular weight is 270 g/mol. The fourth-order valence-corrected chi connectivity index (χ4v) is 1.93. The molecule has 4 N–H and O–H groups in total. The lowest BCUT2D eigenvalue weighted by atomic mass is 10.2. The van der Waals surface area contributed by atoms with E-state index < -0.39 is 0 Å². The Morgan fingerprint density at radius 1 is 1.25 bits per heavy atom. The molecule has 0 spiro atoms. The van der Waals surface area contributed by atoms with Gasteiger partial charge in [0.05, 0.1) is 17.8 Å². The zero-order valence-corrected chi connectivity index (χ0v) is 10.9. The van der Waals surface area contributed by atoms with E-state index in [0.29, 0.717) is 29.6 Å². The molecule has 0 bridgehead atoms. The van der Waals surface area contributed by atoms with Gasteiger partial charge in [0.2, 0.25) is 5.88 Å². The van der Waals surface area contributed by atoms with Crippen molar-refractivity contribution in [3.63, 3.8) is 0 Å². The maximum absolute atomic E-state index is 9.65. The van der Waals surface area contributed by atoms with Crippen LogP contribution in [-0.4, -0.2) is 26.7 Å². The molecule has 0 atom stereocenters. The standard InChI is InChI=1S/C14H14N4O2/c1-2-20-12-6-5-10-14(17-12)18-13(16-10)8-3-4-9(15)11(19)7-8/h3-7,19H,2,15H2,1H3,(H,16,17,18). The lowest BCUT2D eigenvalue weighted by Crippen LogP contribution is -1.93. The number of aromatic amines is 1. The molecule has 0 aliphatic rings. The van der Waals surface area contributed by atoms with Gasteiger partial charge in [-0.05, 0) is 31.2 Å². The van der Waals surface area contributed by atoms with Crippen molar-refractivity contribution in [1.29, 1.82) is 0 Å². The first-order valence-corrected chi connectivity index (χ1v) is 6.26. The van der Waals surface area contributed by atoms with Gasteiger partial charge in [-0.3, -0.25) is 0 Å². The second kappa shape index (κ2) is 4.73. The Balaban J connectivity index is 2.05. The minimum atomic E-state index is 0.0333. The van der Waals surface area contributed by atoms with Crippen molar-refractivity contribution in [3.8, 4) is 23.0 Å². The van der Waals surface area contributed by atoms with E-state index in [1.807, 2.05) is 13.0 Å². The van der Waals surface area contributed by atoms with Gasteiger partial charge in [0.25, 0.3) is 0 Å². The number of aromatic hydroxyl groups is 1. The highest BCUT2D eigenvalue weighted by molar-refractivity contribution is 5.77. The fraction of sp³-hybridized carbons (Fsp3) is 0.143. The summed E-state index contributed by atoms with van der Waals surface area (Å²) < 4.78 is 5.34. The van der Waals surface area contributed by atoms with Gasteiger partial charge in [-0.15, -0.1) is 0 Å². The second-order valence-electron chi connectivity index (χ2n) is 4.31. The third-order valence-electron chi connectivity index (χ3n) is 2.92. The van der Waals surface area contributed by atoms with Crippen molar-refractivity contribution >= 4 is 16.9 Å². The summed E-state index contributed by atoms with van der Waals surface area (Å²) in [5, 5.41) is 9.65. The SMILES string of the molecule is CCOc1ccc2[nH]c(-c3ccc(N)c(O)c3)nc2n1. The molecule has 3 rings (SSSR count). The van der Waals surface area contributed by atoms with E-state index in [9.17, 15) is 5.11 Å². The number of fused-ring (bicyclic) bond motifs is 1. The van der Waals surface area contributed by atoms with Gasteiger partial charge in [-0.2, -0.15) is 4.98 Å². The van der Waals surface area contributed by atoms with Crippen LogP contribution >= 0.6 is 0 Å². The van der Waals surface area contributed by atoms with Crippen molar-refractivity contribution in [2.45, 2.75) is 6.92 Å². The van der Waals surface area contributed by atoms with E-state index in [2.05, 4.69) is 15.0 Å². The van der Waals surface area contributed by atoms with E-state index in [0.717, 1.165) is 11.1 Å². The number of nitrogens with one attached hydrogen (secondary N) is 1. The summed E-state index contributed by atoms with van der Waals surface area (Å²) in [5.74, 6) is 1.19. The highest BCUT2D eigenvalue weighted by Crippen LogP contribution is 2.27. The zero-order chi connectivity index (χ0) is 14.1. The number of H-pyrrole nitrogens is 1. The number of phenolic OH excluding ortho intramolecular Hbond substituents is 1. The number of imidazole rings is 1. The Hall–Kier alpha value is -2.76. The number of hydrogen-bond donors (Lipinski definition) is 3. The number of ether oxygens (including phenoxy) is 1. The van der Waals surface area contributed by atoms with Crippen LogP contribution in [-0.2, 0) is 0 Å². The molecule has 0 saturated carbocycles. The second-order valence-corrected chi connectivity index (χ2v) is 4.31. The van der Waals surface area contributed by atoms with Crippen molar-refractivity contribution < 1.29 is 9.84 Å². The van der Waals surface area contributed by atoms with E-state index in [4.69, 9.17) is 10.5 Å². The summed E-state index contributed by atoms with van der Waals surface area (Å²) in [5.41, 5.74) is 8.04. The summed E-state index contributed by atoms with van der Waals surface area (Å²) in [6.45, 7) is 2.46. The van der Waals surface area contributed by atoms with E-state index in [-0.39, 0.29) is 5.75 Å². The minimum absolute atomic E-state index is 0.0333. The van der Waals surface area contributed by atoms with Gasteiger partial charge in [0.1, 0.15) is 11.6 Å². The third-order valence-corrected chi connectivity index (χ3v) is 2.92. The minimum Gasteiger partial charge on any atom is -0.506 e. The maximum Gasteiger partial charge on any atom is 0.215 e. The highest BCUT2D eigenvalue weighted by atomic mass is 16.5. The van der Waals surface area contributed by atoms with Crippen LogP contribution in [0.2, 0.25) is 0 Å². The predicted molar refractivity (Wildman–Crippen MR) is 76.6 cm³/mol. The first kappa shape index (κ1) is 12.3. The molecular formula is C14H14N4O2. The third kappa shape index (κ3) is 2.11. The number of nitrogen functional groups attached to an aromatic ring is 1. The lowest BCUT2D eigenvalue weighted by Gasteiger charge is -2.00. The van der Waals surface area contributed by atoms with Gasteiger partial charge in [-0.1, -0.05) is 0 Å². The summed E-state index contributed by atoms with van der Waals surface area (Å²) >= 11 is 0. The van der Waals surface area contributed by atoms with Crippen LogP contribution < -0.4 is 10.5 Å². The number of hydrogen-bond acceptors (Lipinski definition) is 5. The van der Waals surface area contributed by atoms with Crippen molar-refractivity contribution in [1.82, 2.24) is 15.0 Å². The van der Waals surface area contributed by atoms with Crippen LogP contribution in [0.25, 0.3) is 22.6 Å². The van der Waals surface area contributed by atoms with Crippen molar-refractivity contribution in [2.24, 2.45) is 0 Å². The van der Waals surface area contributed by atoms with Crippen LogP contribution in [0, 0.1) is 0 Å². The number of rotatable bonds is 3. The summed E-state index contributed by atoms with van der Waals surface area (Å²) in [6.07, 6.45) is 0. The molecule has 0 unspecified atom stereocenters. The quantitative estimate of drug-likeness (QED) is 0.501. The predicted octanol–water partition coefficient (Wildman–Crippen LogP) is 2.31. The normalized spacial score (nSPS) is 10.8. The summed E-state index contributed by atoms with van der Waals surface area (Å²) in [6, 6.07) is 8.64. The largest absolute Gasteiger partial charge is 0.506 e. The number of nitrogens with two attached hydrogens (primary N) is 1. The van der Waals surface area contributed by atoms with Crippen molar-refractivity contribution in [2.75, 3.05) is 12.3 Å². The highest BCUT2D eigenvalue weighted by Gasteiger charge is 2.09. The van der Waals surface area contributed by atoms with Gasteiger partial charge in [0, 0.05) is 11.6 Å². The molecule has 1 aromatic carbocycles. The molecule has 2 aromatic heterocycles. The Bertz CT molecular complexity index is 767. The Morgan fingerprint density at radius 2 is 2.10 bits per heavy atom. The fourth-order valence-electron chi connectivity index (χ4n) is 1.93. The molecular weight excluding hydrogens is 256 g/mol. The Morgan fingerprint density at radius 3 is 2.85 bits per heavy atom. The number of benzene rings is 1. The monoisotopic (exact) mass is 270 g/mol. The summed E-state index contributed by atoms with van der Waals surface area (Å²) in [7, 11) is 0. The van der Waals surface area contributed by atoms with Crippen LogP contribution in [0.4, 0.5) is 5.69 Å². The van der Waals surface area contributed by atoms with Crippen LogP contribution in [0.5, 0.6) is 11.6 Å². The molecule has 0 aliphatic carbocycles. The van der Waals surface area contributed by atoms with Gasteiger partial charge in [-0.25, -0.2) is 4.98 Å². The van der Waals surface area contributed by atoms with Crippen LogP contribution in [0.1, 0.15) is 6.92 Å².